The zero-order chi connectivity index (χ0) is 9.68. The summed E-state index contributed by atoms with van der Waals surface area (Å²) in [5.41, 5.74) is 0.349. The van der Waals surface area contributed by atoms with Gasteiger partial charge in [0.25, 0.3) is 0 Å². The number of hydrogen-bond donors (Lipinski definition) is 0. The molecule has 1 heterocycles. The Bertz CT molecular complexity index is 207. The predicted molar refractivity (Wildman–Crippen MR) is 45.8 cm³/mol. The lowest BCUT2D eigenvalue weighted by molar-refractivity contribution is -0.299. The molecule has 0 saturated carbocycles. The van der Waals surface area contributed by atoms with Crippen molar-refractivity contribution in [3.63, 3.8) is 0 Å². The maximum Gasteiger partial charge on any atom is 0.0689 e. The van der Waals surface area contributed by atoms with E-state index in [1.165, 1.54) is 0 Å². The SMILES string of the molecule is CCC(=CN1CCOCC1)C(=O)[O-]. The Morgan fingerprint density at radius 2 is 2.15 bits per heavy atom. The van der Waals surface area contributed by atoms with Crippen LogP contribution in [0.25, 0.3) is 0 Å². The fourth-order valence-corrected chi connectivity index (χ4v) is 1.22. The standard InChI is InChI=1S/C9H15NO3/c1-2-8(9(11)12)7-10-3-5-13-6-4-10/h7H,2-6H2,1H3,(H,11,12)/p-1. The molecule has 0 N–H and O–H groups in total. The number of nitrogens with zero attached hydrogens (tertiary/aromatic N) is 1. The molecular weight excluding hydrogens is 170 g/mol. The van der Waals surface area contributed by atoms with Crippen LogP contribution in [0.5, 0.6) is 0 Å². The molecule has 0 aliphatic carbocycles. The fraction of sp³-hybridized carbons (Fsp3) is 0.667. The van der Waals surface area contributed by atoms with E-state index in [-0.39, 0.29) is 0 Å². The minimum atomic E-state index is -1.08. The van der Waals surface area contributed by atoms with E-state index in [2.05, 4.69) is 0 Å². The van der Waals surface area contributed by atoms with E-state index in [1.54, 1.807) is 6.20 Å². The van der Waals surface area contributed by atoms with Crippen LogP contribution in [0.3, 0.4) is 0 Å². The minimum absolute atomic E-state index is 0.349. The molecule has 1 fully saturated rings. The summed E-state index contributed by atoms with van der Waals surface area (Å²) in [6.45, 7) is 4.66. The van der Waals surface area contributed by atoms with Crippen molar-refractivity contribution in [2.75, 3.05) is 26.3 Å². The van der Waals surface area contributed by atoms with Gasteiger partial charge in [-0.25, -0.2) is 0 Å². The number of carboxylic acids is 1. The van der Waals surface area contributed by atoms with Gasteiger partial charge in [-0.3, -0.25) is 0 Å². The van der Waals surface area contributed by atoms with Gasteiger partial charge in [0.05, 0.1) is 19.2 Å². The maximum absolute atomic E-state index is 10.6. The fourth-order valence-electron chi connectivity index (χ4n) is 1.22. The highest BCUT2D eigenvalue weighted by atomic mass is 16.5. The third kappa shape index (κ3) is 3.06. The number of aliphatic carboxylic acids is 1. The lowest BCUT2D eigenvalue weighted by Crippen LogP contribution is -2.34. The van der Waals surface area contributed by atoms with E-state index in [9.17, 15) is 9.90 Å². The molecule has 1 aliphatic rings. The van der Waals surface area contributed by atoms with E-state index < -0.39 is 5.97 Å². The van der Waals surface area contributed by atoms with Crippen molar-refractivity contribution in [3.05, 3.63) is 11.8 Å². The van der Waals surface area contributed by atoms with Gasteiger partial charge in [0.15, 0.2) is 0 Å². The number of carboxylic acid groups (broad SMARTS) is 1. The molecule has 0 spiro atoms. The summed E-state index contributed by atoms with van der Waals surface area (Å²) >= 11 is 0. The summed E-state index contributed by atoms with van der Waals surface area (Å²) in [7, 11) is 0. The number of carbonyl (C=O) groups is 1. The average molecular weight is 184 g/mol. The van der Waals surface area contributed by atoms with Gasteiger partial charge in [-0.2, -0.15) is 0 Å². The topological polar surface area (TPSA) is 52.6 Å². The molecule has 13 heavy (non-hydrogen) atoms. The first kappa shape index (κ1) is 10.1. The van der Waals surface area contributed by atoms with Crippen LogP contribution in [-0.2, 0) is 9.53 Å². The molecule has 4 nitrogen and oxygen atoms in total. The van der Waals surface area contributed by atoms with E-state index >= 15 is 0 Å². The Morgan fingerprint density at radius 3 is 2.62 bits per heavy atom. The second-order valence-corrected chi connectivity index (χ2v) is 2.94. The zero-order valence-electron chi connectivity index (χ0n) is 7.78. The van der Waals surface area contributed by atoms with Gasteiger partial charge in [0.1, 0.15) is 0 Å². The quantitative estimate of drug-likeness (QED) is 0.548. The summed E-state index contributed by atoms with van der Waals surface area (Å²) in [5, 5.41) is 10.6. The Morgan fingerprint density at radius 1 is 1.54 bits per heavy atom. The predicted octanol–water partition coefficient (Wildman–Crippen LogP) is -0.638. The third-order valence-corrected chi connectivity index (χ3v) is 2.03. The second-order valence-electron chi connectivity index (χ2n) is 2.94. The van der Waals surface area contributed by atoms with Crippen molar-refractivity contribution < 1.29 is 14.6 Å². The van der Waals surface area contributed by atoms with Crippen molar-refractivity contribution in [1.82, 2.24) is 4.90 Å². The van der Waals surface area contributed by atoms with Crippen LogP contribution in [0.4, 0.5) is 0 Å². The number of rotatable bonds is 3. The molecule has 0 aromatic carbocycles. The summed E-state index contributed by atoms with van der Waals surface area (Å²) in [5.74, 6) is -1.08. The summed E-state index contributed by atoms with van der Waals surface area (Å²) < 4.78 is 5.14. The molecule has 1 aliphatic heterocycles. The van der Waals surface area contributed by atoms with E-state index in [1.807, 2.05) is 11.8 Å². The van der Waals surface area contributed by atoms with Crippen molar-refractivity contribution in [2.45, 2.75) is 13.3 Å². The maximum atomic E-state index is 10.6. The van der Waals surface area contributed by atoms with E-state index in [0.29, 0.717) is 25.2 Å². The molecule has 1 rings (SSSR count). The van der Waals surface area contributed by atoms with Crippen LogP contribution in [0, 0.1) is 0 Å². The molecule has 1 saturated heterocycles. The van der Waals surface area contributed by atoms with Crippen LogP contribution >= 0.6 is 0 Å². The molecule has 0 unspecified atom stereocenters. The van der Waals surface area contributed by atoms with Gasteiger partial charge < -0.3 is 19.5 Å². The minimum Gasteiger partial charge on any atom is -0.545 e. The van der Waals surface area contributed by atoms with Gasteiger partial charge in [0.2, 0.25) is 0 Å². The first-order chi connectivity index (χ1) is 6.24. The lowest BCUT2D eigenvalue weighted by atomic mass is 10.2. The molecule has 74 valence electrons. The molecule has 0 aromatic rings. The second kappa shape index (κ2) is 4.87. The highest BCUT2D eigenvalue weighted by molar-refractivity contribution is 5.84. The van der Waals surface area contributed by atoms with Crippen molar-refractivity contribution in [2.24, 2.45) is 0 Å². The molecular formula is C9H14NO3-. The number of carbonyl (C=O) groups excluding carboxylic acids is 1. The van der Waals surface area contributed by atoms with Gasteiger partial charge in [-0.15, -0.1) is 0 Å². The Hall–Kier alpha value is -1.03. The molecule has 0 bridgehead atoms. The van der Waals surface area contributed by atoms with Crippen LogP contribution in [0.1, 0.15) is 13.3 Å². The lowest BCUT2D eigenvalue weighted by Gasteiger charge is -2.26. The van der Waals surface area contributed by atoms with Gasteiger partial charge in [-0.1, -0.05) is 6.92 Å². The highest BCUT2D eigenvalue weighted by Crippen LogP contribution is 2.04. The van der Waals surface area contributed by atoms with Gasteiger partial charge in [-0.05, 0) is 12.0 Å². The third-order valence-electron chi connectivity index (χ3n) is 2.03. The van der Waals surface area contributed by atoms with Gasteiger partial charge >= 0.3 is 0 Å². The normalized spacial score (nSPS) is 18.8. The van der Waals surface area contributed by atoms with Crippen molar-refractivity contribution in [3.8, 4) is 0 Å². The van der Waals surface area contributed by atoms with Crippen LogP contribution < -0.4 is 5.11 Å². The smallest absolute Gasteiger partial charge is 0.0689 e. The van der Waals surface area contributed by atoms with Crippen LogP contribution in [-0.4, -0.2) is 37.2 Å². The molecule has 0 radical (unpaired) electrons. The summed E-state index contributed by atoms with van der Waals surface area (Å²) in [4.78, 5) is 12.5. The Labute approximate surface area is 77.8 Å². The van der Waals surface area contributed by atoms with E-state index in [0.717, 1.165) is 13.1 Å². The average Bonchev–Trinajstić information content (AvgIpc) is 2.15. The highest BCUT2D eigenvalue weighted by Gasteiger charge is 2.07. The monoisotopic (exact) mass is 184 g/mol. The first-order valence-electron chi connectivity index (χ1n) is 4.48. The Kier molecular flexibility index (Phi) is 3.76. The summed E-state index contributed by atoms with van der Waals surface area (Å²) in [6.07, 6.45) is 2.16. The molecule has 0 atom stereocenters. The van der Waals surface area contributed by atoms with Crippen LogP contribution in [0.2, 0.25) is 0 Å². The summed E-state index contributed by atoms with van der Waals surface area (Å²) in [6, 6.07) is 0. The van der Waals surface area contributed by atoms with Crippen LogP contribution in [0.15, 0.2) is 11.8 Å². The Balaban J connectivity index is 2.54. The van der Waals surface area contributed by atoms with Crippen molar-refractivity contribution in [1.29, 1.82) is 0 Å². The van der Waals surface area contributed by atoms with Crippen molar-refractivity contribution >= 4 is 5.97 Å². The first-order valence-corrected chi connectivity index (χ1v) is 4.48. The zero-order valence-corrected chi connectivity index (χ0v) is 7.78. The van der Waals surface area contributed by atoms with E-state index in [4.69, 9.17) is 4.74 Å². The largest absolute Gasteiger partial charge is 0.545 e. The number of hydrogen-bond acceptors (Lipinski definition) is 4. The number of morpholine rings is 1. The van der Waals surface area contributed by atoms with Gasteiger partial charge in [0, 0.05) is 19.3 Å². The molecule has 4 heteroatoms. The molecule has 0 aromatic heterocycles. The molecule has 0 amide bonds. The number of ether oxygens (including phenoxy) is 1.